The fourth-order valence-electron chi connectivity index (χ4n) is 11.0. The second-order valence-corrected chi connectivity index (χ2v) is 29.7. The molecule has 0 heterocycles. The van der Waals surface area contributed by atoms with Gasteiger partial charge in [-0.05, 0) is 57.3 Å². The van der Waals surface area contributed by atoms with Crippen molar-refractivity contribution in [2.75, 3.05) is 39.6 Å². The van der Waals surface area contributed by atoms with Crippen LogP contribution in [0.3, 0.4) is 0 Å². The van der Waals surface area contributed by atoms with Crippen molar-refractivity contribution in [3.05, 3.63) is 24.3 Å². The molecule has 3 N–H and O–H groups in total. The summed E-state index contributed by atoms with van der Waals surface area (Å²) in [6.07, 6.45) is 59.3. The van der Waals surface area contributed by atoms with Crippen molar-refractivity contribution >= 4 is 39.5 Å². The lowest BCUT2D eigenvalue weighted by molar-refractivity contribution is -0.161. The lowest BCUT2D eigenvalue weighted by Crippen LogP contribution is -2.30. The van der Waals surface area contributed by atoms with Crippen molar-refractivity contribution in [3.8, 4) is 0 Å². The molecule has 554 valence electrons. The quantitative estimate of drug-likeness (QED) is 0.0169. The first-order chi connectivity index (χ1) is 45.5. The molecule has 0 bridgehead atoms. The number of phosphoric acid groups is 2. The van der Waals surface area contributed by atoms with E-state index in [1.165, 1.54) is 161 Å². The number of allylic oxidation sites excluding steroid dienone is 4. The number of hydrogen-bond acceptors (Lipinski definition) is 15. The summed E-state index contributed by atoms with van der Waals surface area (Å²) in [5, 5.41) is 10.6. The molecule has 0 aliphatic rings. The predicted octanol–water partition coefficient (Wildman–Crippen LogP) is 21.6. The van der Waals surface area contributed by atoms with E-state index in [1.807, 2.05) is 0 Å². The van der Waals surface area contributed by atoms with Crippen LogP contribution >= 0.6 is 15.6 Å². The summed E-state index contributed by atoms with van der Waals surface area (Å²) in [5.74, 6) is -1.42. The third kappa shape index (κ3) is 68.1. The third-order valence-electron chi connectivity index (χ3n) is 16.9. The van der Waals surface area contributed by atoms with E-state index < -0.39 is 97.5 Å². The fraction of sp³-hybridized carbons (Fsp3) is 0.893. The van der Waals surface area contributed by atoms with Crippen molar-refractivity contribution in [2.45, 2.75) is 387 Å². The minimum Gasteiger partial charge on any atom is -0.462 e. The minimum atomic E-state index is -4.96. The predicted molar refractivity (Wildman–Crippen MR) is 381 cm³/mol. The van der Waals surface area contributed by atoms with Gasteiger partial charge in [0.1, 0.15) is 19.3 Å². The van der Waals surface area contributed by atoms with Gasteiger partial charge in [-0.3, -0.25) is 37.3 Å². The highest BCUT2D eigenvalue weighted by Crippen LogP contribution is 2.45. The molecule has 0 aromatic heterocycles. The van der Waals surface area contributed by atoms with Crippen LogP contribution in [0.4, 0.5) is 0 Å². The maximum atomic E-state index is 13.1. The van der Waals surface area contributed by atoms with E-state index >= 15 is 0 Å². The Morgan fingerprint density at radius 1 is 0.330 bits per heavy atom. The van der Waals surface area contributed by atoms with Gasteiger partial charge in [0.25, 0.3) is 0 Å². The molecule has 0 radical (unpaired) electrons. The van der Waals surface area contributed by atoms with E-state index in [1.54, 1.807) is 0 Å². The Hall–Kier alpha value is -2.46. The zero-order valence-electron chi connectivity index (χ0n) is 60.6. The van der Waals surface area contributed by atoms with Crippen LogP contribution in [0.5, 0.6) is 0 Å². The molecule has 0 aliphatic carbocycles. The van der Waals surface area contributed by atoms with Crippen molar-refractivity contribution in [1.29, 1.82) is 0 Å². The normalized spacial score (nSPS) is 14.1. The van der Waals surface area contributed by atoms with Crippen LogP contribution < -0.4 is 0 Å². The number of ether oxygens (including phenoxy) is 4. The van der Waals surface area contributed by atoms with E-state index in [0.29, 0.717) is 25.7 Å². The molecule has 0 saturated heterocycles. The van der Waals surface area contributed by atoms with E-state index in [4.69, 9.17) is 37.0 Å². The molecule has 0 spiro atoms. The first-order valence-electron chi connectivity index (χ1n) is 38.5. The number of carbonyl (C=O) groups is 4. The highest BCUT2D eigenvalue weighted by Gasteiger charge is 2.30. The summed E-state index contributed by atoms with van der Waals surface area (Å²) in [7, 11) is -9.91. The standard InChI is InChI=1S/C75H142O17P2/c1-6-9-12-15-18-20-22-24-26-27-28-29-30-32-34-36-40-45-50-55-60-74(79)92-71(65-86-73(78)59-54-49-44-39-35-33-31-25-23-21-19-16-13-10-7-2)67-90-94(83,84)88-63-69(76)62-87-93(81,82)89-66-70(64-85-72(77)58-53-48-42-17-14-11-8-3)91-75(80)61-56-51-46-41-37-38-43-47-52-57-68(4)5/h21,23,25,31,68-71,76H,6-20,22,24,26-30,32-67H2,1-5H3,(H,81,82)(H,83,84)/b23-21-,31-25-/t69-,70+,71+/m0/s1. The molecule has 0 aromatic rings. The molecule has 0 rings (SSSR count). The maximum Gasteiger partial charge on any atom is 0.472 e. The molecular formula is C75H142O17P2. The van der Waals surface area contributed by atoms with E-state index in [9.17, 15) is 43.2 Å². The summed E-state index contributed by atoms with van der Waals surface area (Å²) in [6, 6.07) is 0. The van der Waals surface area contributed by atoms with E-state index in [2.05, 4.69) is 58.9 Å². The Bertz CT molecular complexity index is 1900. The van der Waals surface area contributed by atoms with Crippen LogP contribution in [0.2, 0.25) is 0 Å². The van der Waals surface area contributed by atoms with Gasteiger partial charge < -0.3 is 33.8 Å². The largest absolute Gasteiger partial charge is 0.472 e. The van der Waals surface area contributed by atoms with Crippen LogP contribution in [0.1, 0.15) is 369 Å². The van der Waals surface area contributed by atoms with Gasteiger partial charge in [-0.2, -0.15) is 0 Å². The molecule has 94 heavy (non-hydrogen) atoms. The topological polar surface area (TPSA) is 237 Å². The highest BCUT2D eigenvalue weighted by molar-refractivity contribution is 7.47. The molecule has 0 amide bonds. The molecule has 17 nitrogen and oxygen atoms in total. The molecule has 5 atom stereocenters. The zero-order chi connectivity index (χ0) is 69.1. The first-order valence-corrected chi connectivity index (χ1v) is 41.4. The number of unbranched alkanes of at least 4 members (excludes halogenated alkanes) is 42. The number of rotatable bonds is 73. The van der Waals surface area contributed by atoms with Crippen molar-refractivity contribution in [1.82, 2.24) is 0 Å². The first kappa shape index (κ1) is 91.5. The van der Waals surface area contributed by atoms with Crippen molar-refractivity contribution < 1.29 is 80.2 Å². The Labute approximate surface area is 573 Å². The van der Waals surface area contributed by atoms with Crippen LogP contribution in [-0.2, 0) is 65.4 Å². The van der Waals surface area contributed by atoms with Gasteiger partial charge >= 0.3 is 39.5 Å². The second-order valence-electron chi connectivity index (χ2n) is 26.8. The van der Waals surface area contributed by atoms with Gasteiger partial charge in [0.15, 0.2) is 12.2 Å². The van der Waals surface area contributed by atoms with Gasteiger partial charge in [-0.1, -0.05) is 316 Å². The molecule has 19 heteroatoms. The van der Waals surface area contributed by atoms with Gasteiger partial charge in [-0.25, -0.2) is 9.13 Å². The fourth-order valence-corrected chi connectivity index (χ4v) is 12.6. The SMILES string of the molecule is CCCCCC/C=C\C=C/CCCCCCCC(=O)OC[C@H](COP(=O)(O)OC[C@@H](O)COP(=O)(O)OC[C@@H](COC(=O)CCCCCCCCC)OC(=O)CCCCCCCCCCCC(C)C)OC(=O)CCCCCCCCCCCCCCCCCCCCCC. The number of carbonyl (C=O) groups excluding carboxylic acids is 4. The van der Waals surface area contributed by atoms with Crippen LogP contribution in [-0.4, -0.2) is 96.7 Å². The summed E-state index contributed by atoms with van der Waals surface area (Å²) < 4.78 is 68.3. The third-order valence-corrected chi connectivity index (χ3v) is 18.8. The molecule has 0 fully saturated rings. The summed E-state index contributed by atoms with van der Waals surface area (Å²) >= 11 is 0. The smallest absolute Gasteiger partial charge is 0.462 e. The van der Waals surface area contributed by atoms with Crippen molar-refractivity contribution in [2.24, 2.45) is 5.92 Å². The Balaban J connectivity index is 5.21. The van der Waals surface area contributed by atoms with Gasteiger partial charge in [0.2, 0.25) is 0 Å². The average Bonchev–Trinajstić information content (AvgIpc) is 2.34. The maximum absolute atomic E-state index is 13.1. The van der Waals surface area contributed by atoms with Crippen LogP contribution in [0.15, 0.2) is 24.3 Å². The highest BCUT2D eigenvalue weighted by atomic mass is 31.2. The molecule has 0 aromatic carbocycles. The van der Waals surface area contributed by atoms with Gasteiger partial charge in [0.05, 0.1) is 26.4 Å². The lowest BCUT2D eigenvalue weighted by atomic mass is 10.0. The number of esters is 4. The number of phosphoric ester groups is 2. The minimum absolute atomic E-state index is 0.102. The second kappa shape index (κ2) is 67.7. The lowest BCUT2D eigenvalue weighted by Gasteiger charge is -2.21. The van der Waals surface area contributed by atoms with Crippen molar-refractivity contribution in [3.63, 3.8) is 0 Å². The molecule has 2 unspecified atom stereocenters. The van der Waals surface area contributed by atoms with E-state index in [0.717, 1.165) is 128 Å². The van der Waals surface area contributed by atoms with Gasteiger partial charge in [0, 0.05) is 25.7 Å². The molecular weight excluding hydrogens is 1230 g/mol. The van der Waals surface area contributed by atoms with E-state index in [-0.39, 0.29) is 25.7 Å². The molecule has 0 saturated carbocycles. The van der Waals surface area contributed by atoms with Crippen LogP contribution in [0.25, 0.3) is 0 Å². The summed E-state index contributed by atoms with van der Waals surface area (Å²) in [4.78, 5) is 72.6. The Morgan fingerprint density at radius 3 is 0.872 bits per heavy atom. The summed E-state index contributed by atoms with van der Waals surface area (Å²) in [5.41, 5.74) is 0. The Morgan fingerprint density at radius 2 is 0.574 bits per heavy atom. The zero-order valence-corrected chi connectivity index (χ0v) is 62.4. The summed E-state index contributed by atoms with van der Waals surface area (Å²) in [6.45, 7) is 7.14. The molecule has 0 aliphatic heterocycles. The monoisotopic (exact) mass is 1380 g/mol. The average molecular weight is 1380 g/mol. The number of aliphatic hydroxyl groups excluding tert-OH is 1. The number of aliphatic hydroxyl groups is 1. The van der Waals surface area contributed by atoms with Crippen LogP contribution in [0, 0.1) is 5.92 Å². The van der Waals surface area contributed by atoms with Gasteiger partial charge in [-0.15, -0.1) is 0 Å². The Kier molecular flexibility index (Phi) is 65.9. The number of hydrogen-bond donors (Lipinski definition) is 3.